The molecule has 2 amide bonds. The minimum atomic E-state index is -0.267. The lowest BCUT2D eigenvalue weighted by Gasteiger charge is -2.10. The standard InChI is InChI=1S/C25H26N8O2/c1-13(2)7-20(34)31-16-8-14(10-29-12-16)15-9-18(23(27)30-11-15)21(26)24-32-19-6-4-5-17(22(19)33-24)25(35)28-3/h4-6,8-13,26H,7H2,1-3H3,(H2,27,30)(H,28,35)(H,31,34)(H,32,33). The van der Waals surface area contributed by atoms with Crippen LogP contribution in [-0.2, 0) is 4.79 Å². The van der Waals surface area contributed by atoms with Crippen LogP contribution in [0.1, 0.15) is 42.0 Å². The zero-order chi connectivity index (χ0) is 25.1. The highest BCUT2D eigenvalue weighted by Crippen LogP contribution is 2.26. The number of para-hydroxylation sites is 1. The molecule has 0 bridgehead atoms. The van der Waals surface area contributed by atoms with Crippen LogP contribution in [0.25, 0.3) is 22.2 Å². The van der Waals surface area contributed by atoms with E-state index in [4.69, 9.17) is 11.1 Å². The number of nitrogens with two attached hydrogens (primary N) is 1. The predicted octanol–water partition coefficient (Wildman–Crippen LogP) is 3.36. The molecule has 4 rings (SSSR count). The SMILES string of the molecule is CNC(=O)c1cccc2[nH]c(C(=N)c3cc(-c4cncc(NC(=O)CC(C)C)c4)cnc3N)nc12. The normalized spacial score (nSPS) is 11.0. The van der Waals surface area contributed by atoms with Crippen LogP contribution in [0.4, 0.5) is 11.5 Å². The molecule has 0 aliphatic rings. The Balaban J connectivity index is 1.67. The van der Waals surface area contributed by atoms with Crippen LogP contribution in [0.3, 0.4) is 0 Å². The van der Waals surface area contributed by atoms with E-state index >= 15 is 0 Å². The average Bonchev–Trinajstić information content (AvgIpc) is 3.27. The summed E-state index contributed by atoms with van der Waals surface area (Å²) < 4.78 is 0. The molecule has 0 aliphatic heterocycles. The van der Waals surface area contributed by atoms with Crippen molar-refractivity contribution < 1.29 is 9.59 Å². The van der Waals surface area contributed by atoms with Gasteiger partial charge in [-0.2, -0.15) is 0 Å². The summed E-state index contributed by atoms with van der Waals surface area (Å²) in [4.78, 5) is 40.4. The molecule has 10 heteroatoms. The maximum Gasteiger partial charge on any atom is 0.253 e. The number of nitrogens with zero attached hydrogens (tertiary/aromatic N) is 3. The monoisotopic (exact) mass is 470 g/mol. The summed E-state index contributed by atoms with van der Waals surface area (Å²) in [5.74, 6) is 0.315. The summed E-state index contributed by atoms with van der Waals surface area (Å²) >= 11 is 0. The van der Waals surface area contributed by atoms with Gasteiger partial charge in [0.1, 0.15) is 17.0 Å². The van der Waals surface area contributed by atoms with Gasteiger partial charge in [-0.1, -0.05) is 19.9 Å². The average molecular weight is 471 g/mol. The number of amides is 2. The van der Waals surface area contributed by atoms with Gasteiger partial charge in [0, 0.05) is 42.6 Å². The van der Waals surface area contributed by atoms with Crippen molar-refractivity contribution in [3.63, 3.8) is 0 Å². The number of aromatic nitrogens is 4. The second-order valence-electron chi connectivity index (χ2n) is 8.51. The van der Waals surface area contributed by atoms with Gasteiger partial charge in [-0.25, -0.2) is 9.97 Å². The molecule has 0 saturated carbocycles. The fourth-order valence-electron chi connectivity index (χ4n) is 3.68. The van der Waals surface area contributed by atoms with Gasteiger partial charge < -0.3 is 21.4 Å². The maximum atomic E-state index is 12.2. The van der Waals surface area contributed by atoms with Crippen molar-refractivity contribution in [3.8, 4) is 11.1 Å². The lowest BCUT2D eigenvalue weighted by molar-refractivity contribution is -0.116. The summed E-state index contributed by atoms with van der Waals surface area (Å²) in [5, 5.41) is 14.2. The van der Waals surface area contributed by atoms with E-state index in [1.807, 2.05) is 13.8 Å². The maximum absolute atomic E-state index is 12.2. The molecule has 4 aromatic rings. The van der Waals surface area contributed by atoms with E-state index in [0.717, 1.165) is 0 Å². The summed E-state index contributed by atoms with van der Waals surface area (Å²) in [6.45, 7) is 3.96. The Morgan fingerprint density at radius 1 is 1.11 bits per heavy atom. The number of fused-ring (bicyclic) bond motifs is 1. The molecular weight excluding hydrogens is 444 g/mol. The first kappa shape index (κ1) is 23.6. The molecule has 0 saturated heterocycles. The van der Waals surface area contributed by atoms with E-state index in [2.05, 4.69) is 30.6 Å². The number of hydrogen-bond donors (Lipinski definition) is 5. The zero-order valence-electron chi connectivity index (χ0n) is 19.6. The van der Waals surface area contributed by atoms with Gasteiger partial charge in [-0.05, 0) is 30.2 Å². The number of imidazole rings is 1. The van der Waals surface area contributed by atoms with E-state index in [1.54, 1.807) is 56.0 Å². The zero-order valence-corrected chi connectivity index (χ0v) is 19.6. The third-order valence-electron chi connectivity index (χ3n) is 5.36. The van der Waals surface area contributed by atoms with Crippen molar-refractivity contribution in [1.29, 1.82) is 5.41 Å². The molecule has 6 N–H and O–H groups in total. The third-order valence-corrected chi connectivity index (χ3v) is 5.36. The van der Waals surface area contributed by atoms with Crippen molar-refractivity contribution in [2.75, 3.05) is 18.1 Å². The number of aromatic amines is 1. The van der Waals surface area contributed by atoms with Gasteiger partial charge in [0.25, 0.3) is 5.91 Å². The lowest BCUT2D eigenvalue weighted by atomic mass is 10.0. The van der Waals surface area contributed by atoms with Crippen LogP contribution in [-0.4, -0.2) is 44.5 Å². The first-order valence-corrected chi connectivity index (χ1v) is 11.1. The number of nitrogen functional groups attached to an aromatic ring is 1. The Morgan fingerprint density at radius 3 is 2.63 bits per heavy atom. The Labute approximate surface area is 201 Å². The molecule has 0 spiro atoms. The van der Waals surface area contributed by atoms with Crippen molar-refractivity contribution in [2.24, 2.45) is 5.92 Å². The number of benzene rings is 1. The van der Waals surface area contributed by atoms with Crippen molar-refractivity contribution in [1.82, 2.24) is 25.3 Å². The fraction of sp³-hybridized carbons (Fsp3) is 0.200. The van der Waals surface area contributed by atoms with E-state index < -0.39 is 0 Å². The first-order chi connectivity index (χ1) is 16.8. The van der Waals surface area contributed by atoms with Crippen LogP contribution in [0.5, 0.6) is 0 Å². The molecule has 0 unspecified atom stereocenters. The number of hydrogen-bond acceptors (Lipinski definition) is 7. The molecule has 0 fully saturated rings. The minimum absolute atomic E-state index is 0.0326. The second kappa shape index (κ2) is 9.72. The predicted molar refractivity (Wildman–Crippen MR) is 135 cm³/mol. The Morgan fingerprint density at radius 2 is 1.89 bits per heavy atom. The molecule has 1 aromatic carbocycles. The Kier molecular flexibility index (Phi) is 6.54. The van der Waals surface area contributed by atoms with Crippen LogP contribution >= 0.6 is 0 Å². The lowest BCUT2D eigenvalue weighted by Crippen LogP contribution is -2.18. The Hall–Kier alpha value is -4.60. The number of nitrogens with one attached hydrogen (secondary N) is 4. The van der Waals surface area contributed by atoms with Crippen LogP contribution in [0.15, 0.2) is 48.9 Å². The molecule has 0 aliphatic carbocycles. The molecule has 10 nitrogen and oxygen atoms in total. The molecule has 3 heterocycles. The minimum Gasteiger partial charge on any atom is -0.383 e. The van der Waals surface area contributed by atoms with Crippen LogP contribution in [0, 0.1) is 11.3 Å². The topological polar surface area (TPSA) is 163 Å². The largest absolute Gasteiger partial charge is 0.383 e. The van der Waals surface area contributed by atoms with E-state index in [9.17, 15) is 9.59 Å². The summed E-state index contributed by atoms with van der Waals surface area (Å²) in [5.41, 5.74) is 9.96. The van der Waals surface area contributed by atoms with Gasteiger partial charge in [0.15, 0.2) is 5.82 Å². The smallest absolute Gasteiger partial charge is 0.253 e. The quantitative estimate of drug-likeness (QED) is 0.260. The van der Waals surface area contributed by atoms with Crippen LogP contribution < -0.4 is 16.4 Å². The van der Waals surface area contributed by atoms with E-state index in [0.29, 0.717) is 45.4 Å². The molecule has 35 heavy (non-hydrogen) atoms. The van der Waals surface area contributed by atoms with E-state index in [-0.39, 0.29) is 35.1 Å². The van der Waals surface area contributed by atoms with Crippen molar-refractivity contribution in [2.45, 2.75) is 20.3 Å². The van der Waals surface area contributed by atoms with E-state index in [1.165, 1.54) is 0 Å². The second-order valence-corrected chi connectivity index (χ2v) is 8.51. The summed E-state index contributed by atoms with van der Waals surface area (Å²) in [7, 11) is 1.55. The molecule has 0 atom stereocenters. The Bertz CT molecular complexity index is 1440. The number of carbonyl (C=O) groups is 2. The number of carbonyl (C=O) groups excluding carboxylic acids is 2. The number of anilines is 2. The van der Waals surface area contributed by atoms with Crippen LogP contribution in [0.2, 0.25) is 0 Å². The van der Waals surface area contributed by atoms with Gasteiger partial charge in [0.05, 0.1) is 23.0 Å². The van der Waals surface area contributed by atoms with Crippen molar-refractivity contribution in [3.05, 3.63) is 65.9 Å². The fourth-order valence-corrected chi connectivity index (χ4v) is 3.68. The van der Waals surface area contributed by atoms with Gasteiger partial charge in [0.2, 0.25) is 5.91 Å². The number of pyridine rings is 2. The molecule has 0 radical (unpaired) electrons. The van der Waals surface area contributed by atoms with Gasteiger partial charge >= 0.3 is 0 Å². The summed E-state index contributed by atoms with van der Waals surface area (Å²) in [6.07, 6.45) is 5.22. The highest BCUT2D eigenvalue weighted by atomic mass is 16.2. The van der Waals surface area contributed by atoms with Gasteiger partial charge in [-0.15, -0.1) is 0 Å². The highest BCUT2D eigenvalue weighted by molar-refractivity contribution is 6.14. The third kappa shape index (κ3) is 5.01. The van der Waals surface area contributed by atoms with Gasteiger partial charge in [-0.3, -0.25) is 20.0 Å². The highest BCUT2D eigenvalue weighted by Gasteiger charge is 2.18. The molecule has 178 valence electrons. The molecular formula is C25H26N8O2. The molecule has 3 aromatic heterocycles. The number of H-pyrrole nitrogens is 1. The summed E-state index contributed by atoms with van der Waals surface area (Å²) in [6, 6.07) is 8.73. The first-order valence-electron chi connectivity index (χ1n) is 11.1. The van der Waals surface area contributed by atoms with Crippen molar-refractivity contribution >= 4 is 40.1 Å². The number of rotatable bonds is 7.